The van der Waals surface area contributed by atoms with E-state index in [0.717, 1.165) is 29.6 Å². The van der Waals surface area contributed by atoms with Crippen molar-refractivity contribution in [3.63, 3.8) is 0 Å². The molecule has 0 aliphatic heterocycles. The number of halogens is 1. The van der Waals surface area contributed by atoms with Gasteiger partial charge in [0.1, 0.15) is 0 Å². The Morgan fingerprint density at radius 1 is 1.52 bits per heavy atom. The van der Waals surface area contributed by atoms with Crippen LogP contribution in [0, 0.1) is 11.8 Å². The van der Waals surface area contributed by atoms with Gasteiger partial charge >= 0.3 is 5.97 Å². The maximum Gasteiger partial charge on any atom is 0.308 e. The van der Waals surface area contributed by atoms with Crippen LogP contribution < -0.4 is 0 Å². The maximum atomic E-state index is 11.6. The zero-order valence-corrected chi connectivity index (χ0v) is 15.1. The van der Waals surface area contributed by atoms with Gasteiger partial charge in [0.25, 0.3) is 0 Å². The summed E-state index contributed by atoms with van der Waals surface area (Å²) in [4.78, 5) is 13.8. The van der Waals surface area contributed by atoms with Gasteiger partial charge in [-0.25, -0.2) is 0 Å². The Morgan fingerprint density at radius 2 is 2.29 bits per heavy atom. The van der Waals surface area contributed by atoms with Crippen LogP contribution in [0.25, 0.3) is 0 Å². The first kappa shape index (κ1) is 17.0. The van der Waals surface area contributed by atoms with Gasteiger partial charge in [0.2, 0.25) is 0 Å². The molecule has 1 fully saturated rings. The van der Waals surface area contributed by atoms with Crippen molar-refractivity contribution in [3.05, 3.63) is 20.8 Å². The highest BCUT2D eigenvalue weighted by Crippen LogP contribution is 2.35. The van der Waals surface area contributed by atoms with Gasteiger partial charge in [0, 0.05) is 12.6 Å². The molecule has 3 atom stereocenters. The summed E-state index contributed by atoms with van der Waals surface area (Å²) in [6.45, 7) is 3.04. The molecule has 1 aromatic heterocycles. The van der Waals surface area contributed by atoms with Crippen molar-refractivity contribution in [1.82, 2.24) is 4.90 Å². The standard InChI is InChI=1S/C16H24BrNO2S/c1-3-4-11-5-6-13(16(19)20)14(7-11)18(2)9-12-8-15(17)21-10-12/h8,10-11,13-14H,3-7,9H2,1-2H3,(H,19,20). The first-order valence-corrected chi connectivity index (χ1v) is 9.34. The Hall–Kier alpha value is -0.390. The summed E-state index contributed by atoms with van der Waals surface area (Å²) >= 11 is 5.17. The van der Waals surface area contributed by atoms with Gasteiger partial charge in [-0.2, -0.15) is 0 Å². The molecule has 3 nitrogen and oxygen atoms in total. The lowest BCUT2D eigenvalue weighted by atomic mass is 9.76. The Balaban J connectivity index is 2.05. The lowest BCUT2D eigenvalue weighted by Gasteiger charge is -2.39. The number of nitrogens with zero attached hydrogens (tertiary/aromatic N) is 1. The van der Waals surface area contributed by atoms with Crippen molar-refractivity contribution in [2.75, 3.05) is 7.05 Å². The Bertz CT molecular complexity index is 477. The van der Waals surface area contributed by atoms with Crippen LogP contribution in [0.2, 0.25) is 0 Å². The van der Waals surface area contributed by atoms with Crippen molar-refractivity contribution in [2.45, 2.75) is 51.6 Å². The minimum atomic E-state index is -0.631. The second kappa shape index (κ2) is 7.75. The summed E-state index contributed by atoms with van der Waals surface area (Å²) in [5, 5.41) is 11.7. The van der Waals surface area contributed by atoms with Crippen LogP contribution >= 0.6 is 27.3 Å². The van der Waals surface area contributed by atoms with Crippen LogP contribution in [0.3, 0.4) is 0 Å². The first-order chi connectivity index (χ1) is 10.0. The third-order valence-electron chi connectivity index (χ3n) is 4.56. The van der Waals surface area contributed by atoms with Crippen molar-refractivity contribution in [3.8, 4) is 0 Å². The maximum absolute atomic E-state index is 11.6. The zero-order chi connectivity index (χ0) is 15.4. The van der Waals surface area contributed by atoms with Crippen LogP contribution in [0.4, 0.5) is 0 Å². The second-order valence-corrected chi connectivity index (χ2v) is 8.44. The minimum absolute atomic E-state index is 0.159. The van der Waals surface area contributed by atoms with E-state index in [1.165, 1.54) is 18.4 Å². The highest BCUT2D eigenvalue weighted by Gasteiger charge is 2.36. The van der Waals surface area contributed by atoms with Crippen LogP contribution in [0.15, 0.2) is 15.2 Å². The zero-order valence-electron chi connectivity index (χ0n) is 12.7. The highest BCUT2D eigenvalue weighted by atomic mass is 79.9. The van der Waals surface area contributed by atoms with Gasteiger partial charge in [-0.15, -0.1) is 11.3 Å². The number of thiophene rings is 1. The molecule has 0 spiro atoms. The predicted octanol–water partition coefficient (Wildman–Crippen LogP) is 4.61. The molecule has 1 aliphatic rings. The van der Waals surface area contributed by atoms with Gasteiger partial charge < -0.3 is 5.11 Å². The van der Waals surface area contributed by atoms with Crippen LogP contribution in [-0.2, 0) is 11.3 Å². The number of hydrogen-bond donors (Lipinski definition) is 1. The monoisotopic (exact) mass is 373 g/mol. The largest absolute Gasteiger partial charge is 0.481 e. The average molecular weight is 374 g/mol. The lowest BCUT2D eigenvalue weighted by molar-refractivity contribution is -0.146. The highest BCUT2D eigenvalue weighted by molar-refractivity contribution is 9.11. The molecule has 5 heteroatoms. The average Bonchev–Trinajstić information content (AvgIpc) is 2.84. The molecule has 1 N–H and O–H groups in total. The van der Waals surface area contributed by atoms with E-state index in [0.29, 0.717) is 5.92 Å². The van der Waals surface area contributed by atoms with Crippen molar-refractivity contribution in [2.24, 2.45) is 11.8 Å². The number of hydrogen-bond acceptors (Lipinski definition) is 3. The Morgan fingerprint density at radius 3 is 2.86 bits per heavy atom. The number of aliphatic carboxylic acids is 1. The van der Waals surface area contributed by atoms with Gasteiger partial charge in [-0.3, -0.25) is 9.69 Å². The SMILES string of the molecule is CCCC1CCC(C(=O)O)C(N(C)Cc2csc(Br)c2)C1. The van der Waals surface area contributed by atoms with Gasteiger partial charge in [0.15, 0.2) is 0 Å². The van der Waals surface area contributed by atoms with Crippen molar-refractivity contribution >= 4 is 33.2 Å². The molecule has 0 bridgehead atoms. The van der Waals surface area contributed by atoms with E-state index < -0.39 is 5.97 Å². The Labute approximate surface area is 139 Å². The van der Waals surface area contributed by atoms with Crippen LogP contribution in [0.1, 0.15) is 44.6 Å². The molecular weight excluding hydrogens is 350 g/mol. The second-order valence-electron chi connectivity index (χ2n) is 6.15. The molecule has 0 radical (unpaired) electrons. The molecule has 1 aliphatic carbocycles. The number of rotatable bonds is 6. The summed E-state index contributed by atoms with van der Waals surface area (Å²) in [7, 11) is 2.07. The summed E-state index contributed by atoms with van der Waals surface area (Å²) in [5.74, 6) is -0.161. The van der Waals surface area contributed by atoms with Crippen molar-refractivity contribution < 1.29 is 9.90 Å². The van der Waals surface area contributed by atoms with E-state index in [1.54, 1.807) is 11.3 Å². The molecule has 0 aromatic carbocycles. The quantitative estimate of drug-likeness (QED) is 0.790. The van der Waals surface area contributed by atoms with Crippen LogP contribution in [0.5, 0.6) is 0 Å². The third kappa shape index (κ3) is 4.54. The molecule has 0 saturated heterocycles. The normalized spacial score (nSPS) is 26.2. The Kier molecular flexibility index (Phi) is 6.26. The summed E-state index contributed by atoms with van der Waals surface area (Å²) in [6.07, 6.45) is 5.32. The van der Waals surface area contributed by atoms with E-state index in [9.17, 15) is 9.90 Å². The number of carboxylic acids is 1. The van der Waals surface area contributed by atoms with E-state index in [4.69, 9.17) is 0 Å². The molecular formula is C16H24BrNO2S. The van der Waals surface area contributed by atoms with E-state index in [-0.39, 0.29) is 12.0 Å². The molecule has 1 aromatic rings. The first-order valence-electron chi connectivity index (χ1n) is 7.67. The van der Waals surface area contributed by atoms with Gasteiger partial charge in [0.05, 0.1) is 9.70 Å². The minimum Gasteiger partial charge on any atom is -0.481 e. The lowest BCUT2D eigenvalue weighted by Crippen LogP contribution is -2.45. The topological polar surface area (TPSA) is 40.5 Å². The molecule has 2 rings (SSSR count). The molecule has 1 heterocycles. The van der Waals surface area contributed by atoms with E-state index in [1.807, 2.05) is 0 Å². The molecule has 3 unspecified atom stereocenters. The van der Waals surface area contributed by atoms with Crippen LogP contribution in [-0.4, -0.2) is 29.1 Å². The molecule has 0 amide bonds. The fourth-order valence-corrected chi connectivity index (χ4v) is 4.71. The fourth-order valence-electron chi connectivity index (χ4n) is 3.51. The van der Waals surface area contributed by atoms with Gasteiger partial charge in [-0.1, -0.05) is 19.8 Å². The smallest absolute Gasteiger partial charge is 0.308 e. The third-order valence-corrected chi connectivity index (χ3v) is 6.11. The summed E-state index contributed by atoms with van der Waals surface area (Å²) in [5.41, 5.74) is 1.26. The van der Waals surface area contributed by atoms with E-state index in [2.05, 4.69) is 46.2 Å². The summed E-state index contributed by atoms with van der Waals surface area (Å²) < 4.78 is 1.13. The van der Waals surface area contributed by atoms with Gasteiger partial charge in [-0.05, 0) is 65.2 Å². The fraction of sp³-hybridized carbons (Fsp3) is 0.688. The van der Waals surface area contributed by atoms with Crippen molar-refractivity contribution in [1.29, 1.82) is 0 Å². The molecule has 21 heavy (non-hydrogen) atoms. The molecule has 118 valence electrons. The predicted molar refractivity (Wildman–Crippen MR) is 90.6 cm³/mol. The molecule has 1 saturated carbocycles. The number of carbonyl (C=O) groups is 1. The van der Waals surface area contributed by atoms with E-state index >= 15 is 0 Å². The number of carboxylic acid groups (broad SMARTS) is 1. The summed E-state index contributed by atoms with van der Waals surface area (Å²) in [6, 6.07) is 2.29.